The Balaban J connectivity index is 2.83. The lowest BCUT2D eigenvalue weighted by atomic mass is 9.92. The van der Waals surface area contributed by atoms with Gasteiger partial charge in [0, 0.05) is 6.21 Å². The molecule has 0 spiro atoms. The van der Waals surface area contributed by atoms with Gasteiger partial charge in [-0.15, -0.1) is 0 Å². The zero-order chi connectivity index (χ0) is 20.4. The molecule has 0 fully saturated rings. The number of thioether (sulfide) groups is 1. The second kappa shape index (κ2) is 10.7. The highest BCUT2D eigenvalue weighted by molar-refractivity contribution is 8.00. The number of methoxy groups -OCH3 is 2. The number of rotatable bonds is 9. The maximum atomic E-state index is 11.7. The average Bonchev–Trinajstić information content (AvgIpc) is 2.59. The van der Waals surface area contributed by atoms with Gasteiger partial charge in [0.05, 0.1) is 32.1 Å². The van der Waals surface area contributed by atoms with Crippen molar-refractivity contribution in [2.24, 2.45) is 10.5 Å². The number of carbonyl (C=O) groups is 2. The lowest BCUT2D eigenvalue weighted by molar-refractivity contribution is -0.145. The molecule has 27 heavy (non-hydrogen) atoms. The van der Waals surface area contributed by atoms with Crippen LogP contribution in [-0.2, 0) is 14.3 Å². The molecule has 0 aliphatic carbocycles. The molecule has 1 atom stereocenters. The monoisotopic (exact) mass is 398 g/mol. The molecule has 10 heteroatoms. The van der Waals surface area contributed by atoms with Crippen LogP contribution in [0.1, 0.15) is 34.1 Å². The minimum Gasteiger partial charge on any atom is -0.481 e. The van der Waals surface area contributed by atoms with E-state index in [4.69, 9.17) is 14.2 Å². The van der Waals surface area contributed by atoms with E-state index in [1.165, 1.54) is 26.0 Å². The second-order valence-electron chi connectivity index (χ2n) is 6.43. The van der Waals surface area contributed by atoms with Gasteiger partial charge in [-0.1, -0.05) is 32.5 Å². The number of amides is 1. The van der Waals surface area contributed by atoms with E-state index in [-0.39, 0.29) is 23.7 Å². The van der Waals surface area contributed by atoms with Gasteiger partial charge >= 0.3 is 5.97 Å². The van der Waals surface area contributed by atoms with Crippen LogP contribution in [-0.4, -0.2) is 54.1 Å². The molecule has 1 aromatic heterocycles. The number of hydrogen-bond acceptors (Lipinski definition) is 9. The number of aromatic nitrogens is 2. The van der Waals surface area contributed by atoms with Crippen molar-refractivity contribution in [3.8, 4) is 11.8 Å². The quantitative estimate of drug-likeness (QED) is 0.168. The average molecular weight is 398 g/mol. The largest absolute Gasteiger partial charge is 0.481 e. The predicted octanol–water partition coefficient (Wildman–Crippen LogP) is 2.06. The molecule has 1 aromatic rings. The molecule has 0 aliphatic rings. The Hall–Kier alpha value is -2.36. The summed E-state index contributed by atoms with van der Waals surface area (Å²) in [5.41, 5.74) is 2.12. The lowest BCUT2D eigenvalue weighted by Crippen LogP contribution is -2.28. The van der Waals surface area contributed by atoms with Crippen LogP contribution >= 0.6 is 11.8 Å². The molecule has 1 unspecified atom stereocenters. The van der Waals surface area contributed by atoms with E-state index in [9.17, 15) is 9.59 Å². The van der Waals surface area contributed by atoms with E-state index >= 15 is 0 Å². The summed E-state index contributed by atoms with van der Waals surface area (Å²) in [6, 6.07) is 1.58. The zero-order valence-electron chi connectivity index (χ0n) is 16.4. The minimum absolute atomic E-state index is 0.169. The molecule has 1 rings (SSSR count). The molecular weight excluding hydrogens is 372 g/mol. The summed E-state index contributed by atoms with van der Waals surface area (Å²) >= 11 is 1.35. The Bertz CT molecular complexity index is 654. The second-order valence-corrected chi connectivity index (χ2v) is 7.54. The van der Waals surface area contributed by atoms with Crippen LogP contribution in [0.2, 0.25) is 0 Å². The van der Waals surface area contributed by atoms with Crippen LogP contribution in [0.25, 0.3) is 0 Å². The van der Waals surface area contributed by atoms with Crippen LogP contribution in [0.3, 0.4) is 0 Å². The van der Waals surface area contributed by atoms with Gasteiger partial charge in [0.15, 0.2) is 5.16 Å². The van der Waals surface area contributed by atoms with Crippen molar-refractivity contribution in [3.05, 3.63) is 6.07 Å². The molecule has 0 saturated carbocycles. The first kappa shape index (κ1) is 22.7. The molecule has 0 saturated heterocycles. The normalized spacial score (nSPS) is 12.5. The highest BCUT2D eigenvalue weighted by atomic mass is 32.2. The predicted molar refractivity (Wildman–Crippen MR) is 102 cm³/mol. The summed E-state index contributed by atoms with van der Waals surface area (Å²) in [5, 5.41) is 4.25. The topological polar surface area (TPSA) is 112 Å². The highest BCUT2D eigenvalue weighted by Gasteiger charge is 2.26. The van der Waals surface area contributed by atoms with Crippen molar-refractivity contribution in [2.45, 2.75) is 44.5 Å². The Labute approximate surface area is 163 Å². The molecule has 9 nitrogen and oxygen atoms in total. The molecule has 1 N–H and O–H groups in total. The molecule has 1 heterocycles. The van der Waals surface area contributed by atoms with Gasteiger partial charge in [-0.3, -0.25) is 9.59 Å². The number of nitrogens with one attached hydrogen (secondary N) is 1. The van der Waals surface area contributed by atoms with Gasteiger partial charge in [-0.25, -0.2) is 5.43 Å². The molecule has 0 aliphatic heterocycles. The number of hydrazone groups is 1. The summed E-state index contributed by atoms with van der Waals surface area (Å²) in [6.45, 7) is 7.97. The number of nitrogens with zero attached hydrogens (tertiary/aromatic N) is 3. The molecule has 0 bridgehead atoms. The Morgan fingerprint density at radius 1 is 1.26 bits per heavy atom. The van der Waals surface area contributed by atoms with Crippen LogP contribution < -0.4 is 14.9 Å². The van der Waals surface area contributed by atoms with Crippen LogP contribution in [0.4, 0.5) is 0 Å². The zero-order valence-corrected chi connectivity index (χ0v) is 17.3. The molecule has 1 amide bonds. The van der Waals surface area contributed by atoms with Crippen molar-refractivity contribution in [3.63, 3.8) is 0 Å². The summed E-state index contributed by atoms with van der Waals surface area (Å²) in [6.07, 6.45) is 1.21. The standard InChI is InChI=1S/C17H26N4O5S/c1-7-26-15(23)8-12(22)21-18-10-11(17(2,3)4)27-16-19-13(24-5)9-14(20-16)25-6/h9-11H,7-8H2,1-6H3,(H,21,22)/b18-10+. The minimum atomic E-state index is -0.594. The van der Waals surface area contributed by atoms with Gasteiger partial charge in [-0.05, 0) is 12.3 Å². The SMILES string of the molecule is CCOC(=O)CC(=O)N/N=C/C(Sc1nc(OC)cc(OC)n1)C(C)(C)C. The summed E-state index contributed by atoms with van der Waals surface area (Å²) < 4.78 is 15.0. The molecular formula is C17H26N4O5S. The summed E-state index contributed by atoms with van der Waals surface area (Å²) in [4.78, 5) is 31.6. The first-order valence-electron chi connectivity index (χ1n) is 8.31. The Morgan fingerprint density at radius 2 is 1.85 bits per heavy atom. The van der Waals surface area contributed by atoms with Crippen molar-refractivity contribution >= 4 is 29.9 Å². The van der Waals surface area contributed by atoms with E-state index in [1.54, 1.807) is 19.2 Å². The van der Waals surface area contributed by atoms with Gasteiger partial charge in [0.1, 0.15) is 6.42 Å². The van der Waals surface area contributed by atoms with Crippen LogP contribution in [0.15, 0.2) is 16.3 Å². The van der Waals surface area contributed by atoms with Gasteiger partial charge in [0.2, 0.25) is 11.8 Å². The van der Waals surface area contributed by atoms with E-state index < -0.39 is 11.9 Å². The molecule has 0 radical (unpaired) electrons. The summed E-state index contributed by atoms with van der Waals surface area (Å²) in [7, 11) is 3.02. The lowest BCUT2D eigenvalue weighted by Gasteiger charge is -2.26. The number of esters is 1. The van der Waals surface area contributed by atoms with E-state index in [0.717, 1.165) is 0 Å². The molecule has 150 valence electrons. The number of ether oxygens (including phenoxy) is 3. The third-order valence-electron chi connectivity index (χ3n) is 3.17. The third-order valence-corrected chi connectivity index (χ3v) is 4.65. The Morgan fingerprint density at radius 3 is 2.33 bits per heavy atom. The fraction of sp³-hybridized carbons (Fsp3) is 0.588. The van der Waals surface area contributed by atoms with Crippen LogP contribution in [0, 0.1) is 5.41 Å². The Kier molecular flexibility index (Phi) is 8.99. The maximum absolute atomic E-state index is 11.7. The van der Waals surface area contributed by atoms with Crippen molar-refractivity contribution in [2.75, 3.05) is 20.8 Å². The number of hydrogen-bond donors (Lipinski definition) is 1. The van der Waals surface area contributed by atoms with Gasteiger partial charge in [-0.2, -0.15) is 15.1 Å². The van der Waals surface area contributed by atoms with E-state index in [0.29, 0.717) is 16.9 Å². The van der Waals surface area contributed by atoms with Gasteiger partial charge in [0.25, 0.3) is 5.91 Å². The fourth-order valence-electron chi connectivity index (χ4n) is 1.75. The van der Waals surface area contributed by atoms with Crippen molar-refractivity contribution in [1.82, 2.24) is 15.4 Å². The third kappa shape index (κ3) is 8.25. The first-order valence-corrected chi connectivity index (χ1v) is 9.19. The van der Waals surface area contributed by atoms with E-state index in [2.05, 4.69) is 20.5 Å². The van der Waals surface area contributed by atoms with Gasteiger partial charge < -0.3 is 14.2 Å². The van der Waals surface area contributed by atoms with E-state index in [1.807, 2.05) is 20.8 Å². The van der Waals surface area contributed by atoms with Crippen LogP contribution in [0.5, 0.6) is 11.8 Å². The van der Waals surface area contributed by atoms with Crippen molar-refractivity contribution < 1.29 is 23.8 Å². The smallest absolute Gasteiger partial charge is 0.315 e. The summed E-state index contributed by atoms with van der Waals surface area (Å²) in [5.74, 6) is -0.362. The molecule has 0 aromatic carbocycles. The maximum Gasteiger partial charge on any atom is 0.315 e. The first-order chi connectivity index (χ1) is 12.7. The number of carbonyl (C=O) groups excluding carboxylic acids is 2. The van der Waals surface area contributed by atoms with Crippen molar-refractivity contribution in [1.29, 1.82) is 0 Å². The fourth-order valence-corrected chi connectivity index (χ4v) is 2.74. The highest BCUT2D eigenvalue weighted by Crippen LogP contribution is 2.34.